The average Bonchev–Trinajstić information content (AvgIpc) is 3.01. The average molecular weight is 292 g/mol. The summed E-state index contributed by atoms with van der Waals surface area (Å²) in [7, 11) is 0. The van der Waals surface area contributed by atoms with Crippen LogP contribution < -0.4 is 5.73 Å². The molecule has 2 fully saturated rings. The molecule has 2 bridgehead atoms. The number of Topliss-reactive ketones (excluding diaryl/α,β-unsaturated/α-hetero) is 1. The topological polar surface area (TPSA) is 56.0 Å². The molecule has 1 aromatic rings. The van der Waals surface area contributed by atoms with Crippen LogP contribution >= 0.6 is 11.3 Å². The van der Waals surface area contributed by atoms with Gasteiger partial charge in [-0.1, -0.05) is 20.8 Å². The molecular weight excluding hydrogens is 268 g/mol. The zero-order chi connectivity index (χ0) is 14.5. The molecule has 0 aliphatic heterocycles. The first-order valence-corrected chi connectivity index (χ1v) is 8.47. The van der Waals surface area contributed by atoms with E-state index in [1.807, 2.05) is 0 Å². The van der Waals surface area contributed by atoms with Crippen LogP contribution in [0.1, 0.15) is 50.7 Å². The van der Waals surface area contributed by atoms with Crippen molar-refractivity contribution in [3.63, 3.8) is 0 Å². The van der Waals surface area contributed by atoms with Crippen LogP contribution in [0.5, 0.6) is 0 Å². The number of ketones is 1. The Balaban J connectivity index is 1.69. The second-order valence-corrected chi connectivity index (χ2v) is 8.40. The molecule has 20 heavy (non-hydrogen) atoms. The molecule has 4 heteroatoms. The Bertz CT molecular complexity index is 515. The molecule has 2 saturated carbocycles. The SMILES string of the molecule is CC(C)(C)c1csc(CC(=O)C2C3CCC(C3)C2N)n1. The Hall–Kier alpha value is -0.740. The Labute approximate surface area is 125 Å². The second kappa shape index (κ2) is 4.92. The minimum Gasteiger partial charge on any atom is -0.327 e. The minimum atomic E-state index is 0.0562. The molecule has 0 radical (unpaired) electrons. The van der Waals surface area contributed by atoms with E-state index in [0.29, 0.717) is 24.0 Å². The van der Waals surface area contributed by atoms with Gasteiger partial charge < -0.3 is 5.73 Å². The first-order chi connectivity index (χ1) is 9.36. The summed E-state index contributed by atoms with van der Waals surface area (Å²) in [6, 6.07) is 0.100. The molecule has 2 N–H and O–H groups in total. The highest BCUT2D eigenvalue weighted by Crippen LogP contribution is 2.48. The summed E-state index contributed by atoms with van der Waals surface area (Å²) < 4.78 is 0. The Morgan fingerprint density at radius 1 is 1.40 bits per heavy atom. The molecule has 2 aliphatic carbocycles. The van der Waals surface area contributed by atoms with Crippen molar-refractivity contribution in [2.45, 2.75) is 57.9 Å². The number of aromatic nitrogens is 1. The van der Waals surface area contributed by atoms with Crippen molar-refractivity contribution >= 4 is 17.1 Å². The quantitative estimate of drug-likeness (QED) is 0.932. The Morgan fingerprint density at radius 2 is 2.10 bits per heavy atom. The van der Waals surface area contributed by atoms with Crippen molar-refractivity contribution in [3.05, 3.63) is 16.1 Å². The first kappa shape index (κ1) is 14.2. The fourth-order valence-electron chi connectivity index (χ4n) is 3.82. The highest BCUT2D eigenvalue weighted by molar-refractivity contribution is 7.09. The number of fused-ring (bicyclic) bond motifs is 2. The maximum absolute atomic E-state index is 12.6. The monoisotopic (exact) mass is 292 g/mol. The molecule has 2 aliphatic rings. The molecule has 3 rings (SSSR count). The summed E-state index contributed by atoms with van der Waals surface area (Å²) >= 11 is 1.61. The molecule has 3 nitrogen and oxygen atoms in total. The van der Waals surface area contributed by atoms with E-state index in [0.717, 1.165) is 10.7 Å². The molecule has 4 atom stereocenters. The fourth-order valence-corrected chi connectivity index (χ4v) is 4.85. The van der Waals surface area contributed by atoms with Crippen LogP contribution in [0.4, 0.5) is 0 Å². The van der Waals surface area contributed by atoms with Gasteiger partial charge in [0.1, 0.15) is 10.8 Å². The van der Waals surface area contributed by atoms with Crippen molar-refractivity contribution in [1.29, 1.82) is 0 Å². The molecule has 4 unspecified atom stereocenters. The molecule has 110 valence electrons. The smallest absolute Gasteiger partial charge is 0.144 e. The summed E-state index contributed by atoms with van der Waals surface area (Å²) in [5, 5.41) is 3.04. The first-order valence-electron chi connectivity index (χ1n) is 7.59. The van der Waals surface area contributed by atoms with E-state index >= 15 is 0 Å². The summed E-state index contributed by atoms with van der Waals surface area (Å²) in [5.74, 6) is 1.55. The van der Waals surface area contributed by atoms with Crippen molar-refractivity contribution in [2.24, 2.45) is 23.5 Å². The van der Waals surface area contributed by atoms with Gasteiger partial charge in [0.05, 0.1) is 12.1 Å². The summed E-state index contributed by atoms with van der Waals surface area (Å²) in [6.07, 6.45) is 4.06. The molecule has 1 heterocycles. The van der Waals surface area contributed by atoms with Gasteiger partial charge >= 0.3 is 0 Å². The molecule has 0 aromatic carbocycles. The lowest BCUT2D eigenvalue weighted by Crippen LogP contribution is -2.40. The lowest BCUT2D eigenvalue weighted by atomic mass is 9.81. The highest BCUT2D eigenvalue weighted by atomic mass is 32.1. The molecule has 1 aromatic heterocycles. The van der Waals surface area contributed by atoms with Crippen LogP contribution in [-0.2, 0) is 16.6 Å². The van der Waals surface area contributed by atoms with Crippen molar-refractivity contribution in [2.75, 3.05) is 0 Å². The third kappa shape index (κ3) is 2.44. The van der Waals surface area contributed by atoms with Crippen LogP contribution in [0.3, 0.4) is 0 Å². The van der Waals surface area contributed by atoms with Crippen LogP contribution in [0.25, 0.3) is 0 Å². The maximum Gasteiger partial charge on any atom is 0.144 e. The van der Waals surface area contributed by atoms with E-state index in [2.05, 4.69) is 31.1 Å². The third-order valence-corrected chi connectivity index (χ3v) is 5.85. The van der Waals surface area contributed by atoms with Crippen molar-refractivity contribution in [3.8, 4) is 0 Å². The number of rotatable bonds is 3. The van der Waals surface area contributed by atoms with E-state index in [1.54, 1.807) is 11.3 Å². The van der Waals surface area contributed by atoms with Gasteiger partial charge in [-0.15, -0.1) is 11.3 Å². The van der Waals surface area contributed by atoms with Crippen molar-refractivity contribution < 1.29 is 4.79 Å². The molecule has 0 saturated heterocycles. The molecule has 0 spiro atoms. The maximum atomic E-state index is 12.6. The number of hydrogen-bond acceptors (Lipinski definition) is 4. The number of nitrogens with zero attached hydrogens (tertiary/aromatic N) is 1. The van der Waals surface area contributed by atoms with Crippen LogP contribution in [0, 0.1) is 17.8 Å². The predicted octanol–water partition coefficient (Wildman–Crippen LogP) is 2.93. The van der Waals surface area contributed by atoms with Crippen molar-refractivity contribution in [1.82, 2.24) is 4.98 Å². The van der Waals surface area contributed by atoms with E-state index in [4.69, 9.17) is 5.73 Å². The van der Waals surface area contributed by atoms with Gasteiger partial charge in [0.15, 0.2) is 0 Å². The van der Waals surface area contributed by atoms with Gasteiger partial charge in [0, 0.05) is 22.8 Å². The van der Waals surface area contributed by atoms with Crippen LogP contribution in [-0.4, -0.2) is 16.8 Å². The van der Waals surface area contributed by atoms with Gasteiger partial charge in [0.25, 0.3) is 0 Å². The molecular formula is C16H24N2OS. The predicted molar refractivity (Wildman–Crippen MR) is 81.8 cm³/mol. The Morgan fingerprint density at radius 3 is 2.65 bits per heavy atom. The summed E-state index contributed by atoms with van der Waals surface area (Å²) in [4.78, 5) is 17.2. The van der Waals surface area contributed by atoms with Gasteiger partial charge in [-0.05, 0) is 31.1 Å². The lowest BCUT2D eigenvalue weighted by molar-refractivity contribution is -0.124. The number of carbonyl (C=O) groups excluding carboxylic acids is 1. The van der Waals surface area contributed by atoms with Gasteiger partial charge in [-0.2, -0.15) is 0 Å². The fraction of sp³-hybridized carbons (Fsp3) is 0.750. The zero-order valence-electron chi connectivity index (χ0n) is 12.6. The standard InChI is InChI=1S/C16H24N2OS/c1-16(2,3)12-8-20-13(18-12)7-11(19)14-9-4-5-10(6-9)15(14)17/h8-10,14-15H,4-7,17H2,1-3H3. The summed E-state index contributed by atoms with van der Waals surface area (Å²) in [5.41, 5.74) is 7.40. The number of nitrogens with two attached hydrogens (primary N) is 1. The zero-order valence-corrected chi connectivity index (χ0v) is 13.4. The minimum absolute atomic E-state index is 0.0562. The Kier molecular flexibility index (Phi) is 3.49. The number of hydrogen-bond donors (Lipinski definition) is 1. The highest BCUT2D eigenvalue weighted by Gasteiger charge is 2.48. The van der Waals surface area contributed by atoms with Gasteiger partial charge in [0.2, 0.25) is 0 Å². The van der Waals surface area contributed by atoms with Gasteiger partial charge in [-0.3, -0.25) is 4.79 Å². The van der Waals surface area contributed by atoms with Crippen LogP contribution in [0.2, 0.25) is 0 Å². The number of thiazole rings is 1. The summed E-state index contributed by atoms with van der Waals surface area (Å²) in [6.45, 7) is 6.46. The molecule has 0 amide bonds. The van der Waals surface area contributed by atoms with E-state index in [1.165, 1.54) is 19.3 Å². The third-order valence-electron chi connectivity index (χ3n) is 5.00. The largest absolute Gasteiger partial charge is 0.327 e. The van der Waals surface area contributed by atoms with Gasteiger partial charge in [-0.25, -0.2) is 4.98 Å². The lowest BCUT2D eigenvalue weighted by Gasteiger charge is -2.26. The second-order valence-electron chi connectivity index (χ2n) is 7.46. The van der Waals surface area contributed by atoms with E-state index in [9.17, 15) is 4.79 Å². The normalized spacial score (nSPS) is 32.8. The van der Waals surface area contributed by atoms with E-state index < -0.39 is 0 Å². The van der Waals surface area contributed by atoms with Crippen LogP contribution in [0.15, 0.2) is 5.38 Å². The van der Waals surface area contributed by atoms with E-state index in [-0.39, 0.29) is 17.4 Å². The number of carbonyl (C=O) groups is 1.